The summed E-state index contributed by atoms with van der Waals surface area (Å²) in [6.07, 6.45) is -3.58. The van der Waals surface area contributed by atoms with Gasteiger partial charge in [-0.25, -0.2) is 0 Å². The molecule has 0 radical (unpaired) electrons. The predicted octanol–water partition coefficient (Wildman–Crippen LogP) is 2.74. The lowest BCUT2D eigenvalue weighted by molar-refractivity contribution is -0.274. The number of nitriles is 1. The van der Waals surface area contributed by atoms with E-state index in [0.717, 1.165) is 12.1 Å². The quantitative estimate of drug-likeness (QED) is 0.912. The van der Waals surface area contributed by atoms with Crippen molar-refractivity contribution in [3.05, 3.63) is 41.2 Å². The number of hydrogen-bond donors (Lipinski definition) is 2. The Morgan fingerprint density at radius 1 is 1.45 bits per heavy atom. The molecular weight excluding hydrogens is 301 g/mol. The number of aryl methyl sites for hydroxylation is 1. The van der Waals surface area contributed by atoms with Gasteiger partial charge in [0.05, 0.1) is 17.3 Å². The number of nitrogens with one attached hydrogen (secondary N) is 2. The molecule has 0 spiro atoms. The van der Waals surface area contributed by atoms with Gasteiger partial charge >= 0.3 is 6.36 Å². The maximum atomic E-state index is 12.2. The average Bonchev–Trinajstić information content (AvgIpc) is 2.85. The van der Waals surface area contributed by atoms with Crippen LogP contribution in [-0.4, -0.2) is 22.5 Å². The number of aromatic amines is 1. The van der Waals surface area contributed by atoms with Gasteiger partial charge in [-0.3, -0.25) is 9.89 Å². The van der Waals surface area contributed by atoms with E-state index in [2.05, 4.69) is 20.3 Å². The van der Waals surface area contributed by atoms with Crippen LogP contribution in [-0.2, 0) is 0 Å². The van der Waals surface area contributed by atoms with E-state index in [9.17, 15) is 18.0 Å². The third-order valence-corrected chi connectivity index (χ3v) is 2.66. The number of amides is 1. The Morgan fingerprint density at radius 3 is 2.73 bits per heavy atom. The molecule has 0 atom stereocenters. The third kappa shape index (κ3) is 3.54. The molecule has 1 heterocycles. The number of alkyl halides is 3. The highest BCUT2D eigenvalue weighted by Gasteiger charge is 2.32. The van der Waals surface area contributed by atoms with Gasteiger partial charge in [0.15, 0.2) is 0 Å². The number of anilines is 1. The molecular formula is C13H9F3N4O2. The van der Waals surface area contributed by atoms with Crippen molar-refractivity contribution >= 4 is 11.6 Å². The first-order chi connectivity index (χ1) is 10.3. The minimum Gasteiger partial charge on any atom is -0.404 e. The maximum absolute atomic E-state index is 12.2. The lowest BCUT2D eigenvalue weighted by atomic mass is 10.2. The number of nitrogens with zero attached hydrogens (tertiary/aromatic N) is 2. The van der Waals surface area contributed by atoms with Gasteiger partial charge in [-0.2, -0.15) is 10.4 Å². The maximum Gasteiger partial charge on any atom is 0.573 e. The Kier molecular flexibility index (Phi) is 4.03. The summed E-state index contributed by atoms with van der Waals surface area (Å²) in [6, 6.07) is 4.84. The molecule has 0 saturated carbocycles. The average molecular weight is 310 g/mol. The molecule has 1 aromatic heterocycles. The standard InChI is InChI=1S/C13H9F3N4O2/c1-7-10(6-18-20-7)12(21)19-9-2-3-11(8(4-9)5-17)22-13(14,15)16/h2-4,6H,1H3,(H,18,20)(H,19,21). The Morgan fingerprint density at radius 2 is 2.18 bits per heavy atom. The Bertz CT molecular complexity index is 746. The first kappa shape index (κ1) is 15.4. The highest BCUT2D eigenvalue weighted by molar-refractivity contribution is 6.04. The van der Waals surface area contributed by atoms with Crippen molar-refractivity contribution in [2.24, 2.45) is 0 Å². The van der Waals surface area contributed by atoms with E-state index in [1.54, 1.807) is 13.0 Å². The highest BCUT2D eigenvalue weighted by atomic mass is 19.4. The lowest BCUT2D eigenvalue weighted by Gasteiger charge is -2.11. The number of ether oxygens (including phenoxy) is 1. The smallest absolute Gasteiger partial charge is 0.404 e. The summed E-state index contributed by atoms with van der Waals surface area (Å²) in [5.41, 5.74) is 0.639. The van der Waals surface area contributed by atoms with Crippen LogP contribution >= 0.6 is 0 Å². The Labute approximate surface area is 122 Å². The van der Waals surface area contributed by atoms with E-state index in [4.69, 9.17) is 5.26 Å². The molecule has 0 unspecified atom stereocenters. The topological polar surface area (TPSA) is 90.8 Å². The summed E-state index contributed by atoms with van der Waals surface area (Å²) in [7, 11) is 0. The highest BCUT2D eigenvalue weighted by Crippen LogP contribution is 2.28. The van der Waals surface area contributed by atoms with Gasteiger partial charge in [-0.15, -0.1) is 13.2 Å². The number of H-pyrrole nitrogens is 1. The van der Waals surface area contributed by atoms with Gasteiger partial charge in [-0.1, -0.05) is 0 Å². The summed E-state index contributed by atoms with van der Waals surface area (Å²) in [5.74, 6) is -1.13. The van der Waals surface area contributed by atoms with Crippen LogP contribution in [0.1, 0.15) is 21.6 Å². The lowest BCUT2D eigenvalue weighted by Crippen LogP contribution is -2.18. The minimum absolute atomic E-state index is 0.164. The molecule has 0 aliphatic rings. The fourth-order valence-corrected chi connectivity index (χ4v) is 1.69. The van der Waals surface area contributed by atoms with E-state index in [0.29, 0.717) is 5.69 Å². The molecule has 0 bridgehead atoms. The second-order valence-corrected chi connectivity index (χ2v) is 4.23. The molecule has 6 nitrogen and oxygen atoms in total. The summed E-state index contributed by atoms with van der Waals surface area (Å²) < 4.78 is 40.3. The number of aromatic nitrogens is 2. The zero-order chi connectivity index (χ0) is 16.3. The molecule has 0 saturated heterocycles. The summed E-state index contributed by atoms with van der Waals surface area (Å²) in [5, 5.41) is 17.6. The Balaban J connectivity index is 2.22. The molecule has 0 fully saturated rings. The number of carbonyl (C=O) groups excluding carboxylic acids is 1. The van der Waals surface area contributed by atoms with E-state index in [-0.39, 0.29) is 16.8 Å². The first-order valence-electron chi connectivity index (χ1n) is 5.91. The molecule has 114 valence electrons. The van der Waals surface area contributed by atoms with E-state index >= 15 is 0 Å². The molecule has 0 aliphatic heterocycles. The molecule has 22 heavy (non-hydrogen) atoms. The monoisotopic (exact) mass is 310 g/mol. The zero-order valence-corrected chi connectivity index (χ0v) is 11.2. The second kappa shape index (κ2) is 5.77. The molecule has 2 rings (SSSR count). The molecule has 2 aromatic rings. The molecule has 0 aliphatic carbocycles. The van der Waals surface area contributed by atoms with Crippen LogP contribution in [0.15, 0.2) is 24.4 Å². The van der Waals surface area contributed by atoms with Crippen molar-refractivity contribution in [1.82, 2.24) is 10.2 Å². The van der Waals surface area contributed by atoms with Crippen LogP contribution in [0.25, 0.3) is 0 Å². The molecule has 2 N–H and O–H groups in total. The normalized spacial score (nSPS) is 10.9. The molecule has 1 amide bonds. The predicted molar refractivity (Wildman–Crippen MR) is 69.1 cm³/mol. The van der Waals surface area contributed by atoms with Gasteiger partial charge in [0.1, 0.15) is 11.8 Å². The minimum atomic E-state index is -4.90. The third-order valence-electron chi connectivity index (χ3n) is 2.66. The summed E-state index contributed by atoms with van der Waals surface area (Å²) in [4.78, 5) is 11.9. The number of rotatable bonds is 3. The van der Waals surface area contributed by atoms with Gasteiger partial charge in [0, 0.05) is 11.4 Å². The van der Waals surface area contributed by atoms with Crippen molar-refractivity contribution in [2.75, 3.05) is 5.32 Å². The largest absolute Gasteiger partial charge is 0.573 e. The Hall–Kier alpha value is -3.02. The van der Waals surface area contributed by atoms with Crippen molar-refractivity contribution < 1.29 is 22.7 Å². The number of halogens is 3. The van der Waals surface area contributed by atoms with Crippen molar-refractivity contribution in [2.45, 2.75) is 13.3 Å². The number of carbonyl (C=O) groups is 1. The van der Waals surface area contributed by atoms with Crippen LogP contribution in [0.5, 0.6) is 5.75 Å². The van der Waals surface area contributed by atoms with E-state index < -0.39 is 18.0 Å². The second-order valence-electron chi connectivity index (χ2n) is 4.23. The van der Waals surface area contributed by atoms with Gasteiger partial charge in [-0.05, 0) is 25.1 Å². The van der Waals surface area contributed by atoms with Crippen LogP contribution in [0, 0.1) is 18.3 Å². The van der Waals surface area contributed by atoms with Crippen LogP contribution in [0.2, 0.25) is 0 Å². The first-order valence-corrected chi connectivity index (χ1v) is 5.91. The number of hydrogen-bond acceptors (Lipinski definition) is 4. The SMILES string of the molecule is Cc1[nH]ncc1C(=O)Nc1ccc(OC(F)(F)F)c(C#N)c1. The summed E-state index contributed by atoms with van der Waals surface area (Å²) in [6.45, 7) is 1.64. The van der Waals surface area contributed by atoms with Crippen LogP contribution < -0.4 is 10.1 Å². The van der Waals surface area contributed by atoms with Crippen molar-refractivity contribution in [3.8, 4) is 11.8 Å². The zero-order valence-electron chi connectivity index (χ0n) is 11.2. The van der Waals surface area contributed by atoms with Crippen molar-refractivity contribution in [1.29, 1.82) is 5.26 Å². The molecule has 9 heteroatoms. The van der Waals surface area contributed by atoms with Gasteiger partial charge in [0.2, 0.25) is 0 Å². The van der Waals surface area contributed by atoms with E-state index in [1.165, 1.54) is 12.3 Å². The molecule has 1 aromatic carbocycles. The van der Waals surface area contributed by atoms with Crippen molar-refractivity contribution in [3.63, 3.8) is 0 Å². The summed E-state index contributed by atoms with van der Waals surface area (Å²) >= 11 is 0. The van der Waals surface area contributed by atoms with Gasteiger partial charge in [0.25, 0.3) is 5.91 Å². The fourth-order valence-electron chi connectivity index (χ4n) is 1.69. The fraction of sp³-hybridized carbons (Fsp3) is 0.154. The van der Waals surface area contributed by atoms with Gasteiger partial charge < -0.3 is 10.1 Å². The van der Waals surface area contributed by atoms with Crippen LogP contribution in [0.4, 0.5) is 18.9 Å². The van der Waals surface area contributed by atoms with Crippen LogP contribution in [0.3, 0.4) is 0 Å². The van der Waals surface area contributed by atoms with E-state index in [1.807, 2.05) is 0 Å². The number of benzene rings is 1.